The van der Waals surface area contributed by atoms with Crippen LogP contribution in [0.3, 0.4) is 0 Å². The van der Waals surface area contributed by atoms with Crippen molar-refractivity contribution in [2.24, 2.45) is 0 Å². The van der Waals surface area contributed by atoms with Crippen LogP contribution in [0, 0.1) is 5.82 Å². The maximum Gasteiger partial charge on any atom is 0.322 e. The molecular formula is C18H18ClFN2O5S. The molecule has 0 aliphatic heterocycles. The molecule has 1 amide bonds. The van der Waals surface area contributed by atoms with Crippen LogP contribution in [0.1, 0.15) is 6.92 Å². The Hall–Kier alpha value is -2.49. The Morgan fingerprint density at radius 1 is 1.14 bits per heavy atom. The van der Waals surface area contributed by atoms with Crippen molar-refractivity contribution in [3.63, 3.8) is 0 Å². The van der Waals surface area contributed by atoms with Crippen molar-refractivity contribution < 1.29 is 27.1 Å². The Labute approximate surface area is 167 Å². The smallest absolute Gasteiger partial charge is 0.322 e. The van der Waals surface area contributed by atoms with E-state index in [0.717, 1.165) is 28.6 Å². The molecular weight excluding hydrogens is 411 g/mol. The first kappa shape index (κ1) is 21.8. The fraction of sp³-hybridized carbons (Fsp3) is 0.222. The number of esters is 1. The Balaban J connectivity index is 1.93. The van der Waals surface area contributed by atoms with Crippen LogP contribution in [0.4, 0.5) is 10.1 Å². The number of sulfonamides is 1. The summed E-state index contributed by atoms with van der Waals surface area (Å²) in [5.74, 6) is -2.08. The van der Waals surface area contributed by atoms with Gasteiger partial charge in [-0.2, -0.15) is 4.31 Å². The van der Waals surface area contributed by atoms with Gasteiger partial charge in [0.15, 0.2) is 6.10 Å². The molecule has 0 radical (unpaired) electrons. The highest BCUT2D eigenvalue weighted by atomic mass is 35.5. The van der Waals surface area contributed by atoms with Crippen molar-refractivity contribution in [2.75, 3.05) is 18.9 Å². The molecule has 0 fully saturated rings. The first-order valence-electron chi connectivity index (χ1n) is 8.07. The molecule has 0 saturated carbocycles. The van der Waals surface area contributed by atoms with E-state index >= 15 is 0 Å². The van der Waals surface area contributed by atoms with Crippen LogP contribution in [-0.2, 0) is 24.3 Å². The van der Waals surface area contributed by atoms with Gasteiger partial charge in [0.2, 0.25) is 10.0 Å². The summed E-state index contributed by atoms with van der Waals surface area (Å²) < 4.78 is 43.4. The lowest BCUT2D eigenvalue weighted by Crippen LogP contribution is -2.37. The maximum atomic E-state index is 13.0. The zero-order chi connectivity index (χ0) is 20.9. The number of nitrogens with zero attached hydrogens (tertiary/aromatic N) is 1. The van der Waals surface area contributed by atoms with E-state index in [0.29, 0.717) is 10.7 Å². The molecule has 1 atom stereocenters. The second-order valence-corrected chi connectivity index (χ2v) is 8.32. The van der Waals surface area contributed by atoms with Gasteiger partial charge in [-0.15, -0.1) is 0 Å². The van der Waals surface area contributed by atoms with E-state index in [1.165, 1.54) is 14.0 Å². The number of amides is 1. The molecule has 1 unspecified atom stereocenters. The lowest BCUT2D eigenvalue weighted by atomic mass is 10.3. The molecule has 1 N–H and O–H groups in total. The fourth-order valence-electron chi connectivity index (χ4n) is 2.12. The lowest BCUT2D eigenvalue weighted by Gasteiger charge is -2.18. The average Bonchev–Trinajstić information content (AvgIpc) is 2.63. The van der Waals surface area contributed by atoms with Gasteiger partial charge in [0, 0.05) is 17.8 Å². The lowest BCUT2D eigenvalue weighted by molar-refractivity contribution is -0.153. The highest BCUT2D eigenvalue weighted by Crippen LogP contribution is 2.16. The number of halogens is 2. The molecule has 2 aromatic carbocycles. The largest absolute Gasteiger partial charge is 0.452 e. The summed E-state index contributed by atoms with van der Waals surface area (Å²) in [6.45, 7) is 0.746. The Bertz CT molecular complexity index is 949. The van der Waals surface area contributed by atoms with E-state index in [2.05, 4.69) is 5.32 Å². The number of hydrogen-bond donors (Lipinski definition) is 1. The van der Waals surface area contributed by atoms with Gasteiger partial charge in [-0.1, -0.05) is 11.6 Å². The minimum absolute atomic E-state index is 0.169. The van der Waals surface area contributed by atoms with Crippen LogP contribution in [0.15, 0.2) is 53.4 Å². The summed E-state index contributed by atoms with van der Waals surface area (Å²) in [5.41, 5.74) is 0.466. The molecule has 0 aliphatic carbocycles. The van der Waals surface area contributed by atoms with E-state index in [-0.39, 0.29) is 4.90 Å². The van der Waals surface area contributed by atoms with Gasteiger partial charge < -0.3 is 10.1 Å². The molecule has 10 heteroatoms. The molecule has 0 heterocycles. The van der Waals surface area contributed by atoms with E-state index in [4.69, 9.17) is 16.3 Å². The van der Waals surface area contributed by atoms with Crippen molar-refractivity contribution in [1.29, 1.82) is 0 Å². The molecule has 2 rings (SSSR count). The topological polar surface area (TPSA) is 92.8 Å². The van der Waals surface area contributed by atoms with E-state index < -0.39 is 40.4 Å². The molecule has 0 bridgehead atoms. The third-order valence-corrected chi connectivity index (χ3v) is 5.73. The van der Waals surface area contributed by atoms with Gasteiger partial charge in [-0.05, 0) is 55.5 Å². The van der Waals surface area contributed by atoms with Gasteiger partial charge in [-0.3, -0.25) is 9.59 Å². The van der Waals surface area contributed by atoms with Crippen molar-refractivity contribution in [3.05, 3.63) is 59.4 Å². The number of likely N-dealkylation sites (N-methyl/N-ethyl adjacent to an activating group) is 1. The highest BCUT2D eigenvalue weighted by molar-refractivity contribution is 7.89. The molecule has 0 aromatic heterocycles. The van der Waals surface area contributed by atoms with Crippen LogP contribution in [-0.4, -0.2) is 44.3 Å². The van der Waals surface area contributed by atoms with Crippen molar-refractivity contribution in [3.8, 4) is 0 Å². The Morgan fingerprint density at radius 2 is 1.71 bits per heavy atom. The molecule has 150 valence electrons. The first-order chi connectivity index (χ1) is 13.1. The van der Waals surface area contributed by atoms with E-state index in [1.54, 1.807) is 24.3 Å². The van der Waals surface area contributed by atoms with Crippen LogP contribution < -0.4 is 5.32 Å². The maximum absolute atomic E-state index is 13.0. The summed E-state index contributed by atoms with van der Waals surface area (Å²) >= 11 is 5.76. The number of rotatable bonds is 7. The SMILES string of the molecule is CC(OC(=O)CN(C)S(=O)(=O)c1ccc(F)cc1)C(=O)Nc1ccc(Cl)cc1. The van der Waals surface area contributed by atoms with E-state index in [1.807, 2.05) is 0 Å². The van der Waals surface area contributed by atoms with Gasteiger partial charge >= 0.3 is 5.97 Å². The summed E-state index contributed by atoms with van der Waals surface area (Å²) in [4.78, 5) is 23.9. The minimum atomic E-state index is -4.01. The van der Waals surface area contributed by atoms with Crippen molar-refractivity contribution in [2.45, 2.75) is 17.9 Å². The number of benzene rings is 2. The second kappa shape index (κ2) is 9.13. The second-order valence-electron chi connectivity index (χ2n) is 5.84. The van der Waals surface area contributed by atoms with Gasteiger partial charge in [0.25, 0.3) is 5.91 Å². The summed E-state index contributed by atoms with van der Waals surface area (Å²) in [5, 5.41) is 3.05. The zero-order valence-electron chi connectivity index (χ0n) is 15.1. The minimum Gasteiger partial charge on any atom is -0.452 e. The normalized spacial score (nSPS) is 12.5. The monoisotopic (exact) mass is 428 g/mol. The van der Waals surface area contributed by atoms with Crippen molar-refractivity contribution in [1.82, 2.24) is 4.31 Å². The van der Waals surface area contributed by atoms with Crippen LogP contribution in [0.2, 0.25) is 5.02 Å². The molecule has 7 nitrogen and oxygen atoms in total. The molecule has 28 heavy (non-hydrogen) atoms. The summed E-state index contributed by atoms with van der Waals surface area (Å²) in [7, 11) is -2.83. The molecule has 2 aromatic rings. The number of carbonyl (C=O) groups excluding carboxylic acids is 2. The summed E-state index contributed by atoms with van der Waals surface area (Å²) in [6.07, 6.45) is -1.15. The Morgan fingerprint density at radius 3 is 2.29 bits per heavy atom. The van der Waals surface area contributed by atoms with E-state index in [9.17, 15) is 22.4 Å². The molecule has 0 saturated heterocycles. The van der Waals surface area contributed by atoms with Crippen molar-refractivity contribution >= 4 is 39.2 Å². The molecule has 0 aliphatic rings. The fourth-order valence-corrected chi connectivity index (χ4v) is 3.36. The number of ether oxygens (including phenoxy) is 1. The number of hydrogen-bond acceptors (Lipinski definition) is 5. The predicted octanol–water partition coefficient (Wildman–Crippen LogP) is 2.67. The number of carbonyl (C=O) groups is 2. The van der Waals surface area contributed by atoms with Gasteiger partial charge in [0.05, 0.1) is 4.90 Å². The van der Waals surface area contributed by atoms with Gasteiger partial charge in [0.1, 0.15) is 12.4 Å². The Kier molecular flexibility index (Phi) is 7.11. The predicted molar refractivity (Wildman–Crippen MR) is 102 cm³/mol. The molecule has 0 spiro atoms. The number of nitrogens with one attached hydrogen (secondary N) is 1. The third kappa shape index (κ3) is 5.75. The average molecular weight is 429 g/mol. The summed E-state index contributed by atoms with van der Waals surface area (Å²) in [6, 6.07) is 10.5. The van der Waals surface area contributed by atoms with Crippen LogP contribution >= 0.6 is 11.6 Å². The highest BCUT2D eigenvalue weighted by Gasteiger charge is 2.25. The zero-order valence-corrected chi connectivity index (χ0v) is 16.6. The quantitative estimate of drug-likeness (QED) is 0.684. The first-order valence-corrected chi connectivity index (χ1v) is 9.89. The third-order valence-electron chi connectivity index (χ3n) is 3.66. The van der Waals surface area contributed by atoms with Crippen LogP contribution in [0.25, 0.3) is 0 Å². The van der Waals surface area contributed by atoms with Gasteiger partial charge in [-0.25, -0.2) is 12.8 Å². The number of anilines is 1. The standard InChI is InChI=1S/C18H18ClFN2O5S/c1-12(18(24)21-15-7-3-13(19)4-8-15)27-17(23)11-22(2)28(25,26)16-9-5-14(20)6-10-16/h3-10,12H,11H2,1-2H3,(H,21,24). The van der Waals surface area contributed by atoms with Crippen LogP contribution in [0.5, 0.6) is 0 Å².